The van der Waals surface area contributed by atoms with Crippen LogP contribution >= 0.6 is 23.5 Å². The number of carbonyl (C=O) groups excluding carboxylic acids is 2. The Morgan fingerprint density at radius 3 is 2.91 bits per heavy atom. The maximum Gasteiger partial charge on any atom is 0.251 e. The summed E-state index contributed by atoms with van der Waals surface area (Å²) in [4.78, 5) is 33.6. The number of benzene rings is 2. The molecule has 0 radical (unpaired) electrons. The van der Waals surface area contributed by atoms with Crippen LogP contribution < -0.4 is 15.4 Å². The van der Waals surface area contributed by atoms with Crippen molar-refractivity contribution in [3.63, 3.8) is 0 Å². The highest BCUT2D eigenvalue weighted by molar-refractivity contribution is 8.00. The predicted molar refractivity (Wildman–Crippen MR) is 142 cm³/mol. The summed E-state index contributed by atoms with van der Waals surface area (Å²) in [5.41, 5.74) is 2.29. The Labute approximate surface area is 213 Å². The van der Waals surface area contributed by atoms with E-state index in [4.69, 9.17) is 4.74 Å². The van der Waals surface area contributed by atoms with Gasteiger partial charge >= 0.3 is 0 Å². The van der Waals surface area contributed by atoms with E-state index < -0.39 is 0 Å². The van der Waals surface area contributed by atoms with E-state index in [0.717, 1.165) is 70.4 Å². The molecular formula is C26H28N4O3S2. The second kappa shape index (κ2) is 10.9. The quantitative estimate of drug-likeness (QED) is 0.461. The molecule has 182 valence electrons. The van der Waals surface area contributed by atoms with E-state index in [-0.39, 0.29) is 17.9 Å². The second-order valence-electron chi connectivity index (χ2n) is 8.72. The largest absolute Gasteiger partial charge is 0.497 e. The van der Waals surface area contributed by atoms with Crippen LogP contribution in [0, 0.1) is 0 Å². The van der Waals surface area contributed by atoms with Gasteiger partial charge in [0.25, 0.3) is 5.91 Å². The summed E-state index contributed by atoms with van der Waals surface area (Å²) in [5, 5.41) is 7.11. The number of rotatable bonds is 7. The monoisotopic (exact) mass is 508 g/mol. The number of anilines is 1. The molecule has 0 unspecified atom stereocenters. The van der Waals surface area contributed by atoms with Crippen molar-refractivity contribution in [2.75, 3.05) is 43.6 Å². The van der Waals surface area contributed by atoms with Gasteiger partial charge in [-0.15, -0.1) is 23.5 Å². The number of amides is 2. The molecule has 0 aliphatic carbocycles. The van der Waals surface area contributed by atoms with E-state index in [1.165, 1.54) is 11.8 Å². The summed E-state index contributed by atoms with van der Waals surface area (Å²) < 4.78 is 5.32. The third kappa shape index (κ3) is 5.91. The zero-order chi connectivity index (χ0) is 24.2. The zero-order valence-electron chi connectivity index (χ0n) is 19.6. The van der Waals surface area contributed by atoms with Gasteiger partial charge in [0.05, 0.1) is 24.1 Å². The summed E-state index contributed by atoms with van der Waals surface area (Å²) in [6.07, 6.45) is 3.81. The first-order valence-corrected chi connectivity index (χ1v) is 13.7. The number of pyridine rings is 1. The lowest BCUT2D eigenvalue weighted by atomic mass is 10.0. The average Bonchev–Trinajstić information content (AvgIpc) is 2.88. The number of carbonyl (C=O) groups is 2. The molecule has 2 aromatic carbocycles. The topological polar surface area (TPSA) is 83.6 Å². The molecule has 2 aliphatic rings. The van der Waals surface area contributed by atoms with E-state index in [1.807, 2.05) is 48.3 Å². The van der Waals surface area contributed by atoms with Crippen LogP contribution in [0.3, 0.4) is 0 Å². The number of ether oxygens (including phenoxy) is 1. The molecule has 0 bridgehead atoms. The summed E-state index contributed by atoms with van der Waals surface area (Å²) >= 11 is 3.32. The Morgan fingerprint density at radius 1 is 1.23 bits per heavy atom. The van der Waals surface area contributed by atoms with Crippen LogP contribution in [0.4, 0.5) is 5.69 Å². The van der Waals surface area contributed by atoms with Crippen molar-refractivity contribution in [3.8, 4) is 5.75 Å². The first-order valence-electron chi connectivity index (χ1n) is 11.7. The highest BCUT2D eigenvalue weighted by Gasteiger charge is 2.22. The van der Waals surface area contributed by atoms with Crippen LogP contribution in [-0.2, 0) is 4.79 Å². The van der Waals surface area contributed by atoms with E-state index in [1.54, 1.807) is 13.2 Å². The Kier molecular flexibility index (Phi) is 7.46. The van der Waals surface area contributed by atoms with Gasteiger partial charge in [0.15, 0.2) is 0 Å². The molecule has 7 nitrogen and oxygen atoms in total. The van der Waals surface area contributed by atoms with Gasteiger partial charge in [0.2, 0.25) is 5.91 Å². The van der Waals surface area contributed by atoms with Crippen LogP contribution in [-0.4, -0.2) is 66.0 Å². The number of fused-ring (bicyclic) bond motifs is 2. The molecule has 1 aromatic heterocycles. The van der Waals surface area contributed by atoms with Gasteiger partial charge in [-0.2, -0.15) is 0 Å². The molecule has 1 fully saturated rings. The van der Waals surface area contributed by atoms with Crippen LogP contribution in [0.2, 0.25) is 0 Å². The van der Waals surface area contributed by atoms with Gasteiger partial charge in [0.1, 0.15) is 5.75 Å². The number of nitrogens with one attached hydrogen (secondary N) is 2. The Hall–Kier alpha value is -2.75. The zero-order valence-corrected chi connectivity index (χ0v) is 21.2. The fourth-order valence-corrected chi connectivity index (χ4v) is 6.09. The van der Waals surface area contributed by atoms with E-state index in [0.29, 0.717) is 11.3 Å². The molecule has 35 heavy (non-hydrogen) atoms. The number of likely N-dealkylation sites (tertiary alicyclic amines) is 1. The number of methoxy groups -OCH3 is 1. The molecule has 0 atom stereocenters. The first-order chi connectivity index (χ1) is 17.1. The number of thioether (sulfide) groups is 2. The molecule has 9 heteroatoms. The fraction of sp³-hybridized carbons (Fsp3) is 0.346. The molecule has 3 heterocycles. The molecule has 2 aliphatic heterocycles. The highest BCUT2D eigenvalue weighted by atomic mass is 32.2. The van der Waals surface area contributed by atoms with Gasteiger partial charge in [-0.3, -0.25) is 14.6 Å². The van der Waals surface area contributed by atoms with Crippen molar-refractivity contribution in [2.45, 2.75) is 28.7 Å². The van der Waals surface area contributed by atoms with Crippen molar-refractivity contribution in [3.05, 3.63) is 54.2 Å². The normalized spacial score (nSPS) is 16.5. The van der Waals surface area contributed by atoms with Gasteiger partial charge in [-0.25, -0.2) is 0 Å². The van der Waals surface area contributed by atoms with E-state index in [2.05, 4.69) is 26.6 Å². The number of hydrogen-bond acceptors (Lipinski definition) is 7. The van der Waals surface area contributed by atoms with Gasteiger partial charge in [-0.1, -0.05) is 0 Å². The molecule has 1 saturated heterocycles. The fourth-order valence-electron chi connectivity index (χ4n) is 4.38. The summed E-state index contributed by atoms with van der Waals surface area (Å²) in [6.45, 7) is 2.94. The molecule has 5 rings (SSSR count). The molecule has 2 amide bonds. The van der Waals surface area contributed by atoms with Crippen molar-refractivity contribution in [1.82, 2.24) is 15.2 Å². The predicted octanol–water partition coefficient (Wildman–Crippen LogP) is 4.27. The minimum absolute atomic E-state index is 0.0253. The van der Waals surface area contributed by atoms with Crippen molar-refractivity contribution >= 4 is 51.9 Å². The molecule has 0 spiro atoms. The molecule has 2 N–H and O–H groups in total. The summed E-state index contributed by atoms with van der Waals surface area (Å²) in [5.74, 6) is 2.15. The summed E-state index contributed by atoms with van der Waals surface area (Å²) in [6, 6.07) is 13.8. The van der Waals surface area contributed by atoms with Crippen LogP contribution in [0.5, 0.6) is 5.75 Å². The van der Waals surface area contributed by atoms with Crippen molar-refractivity contribution in [2.24, 2.45) is 0 Å². The number of nitrogens with zero attached hydrogens (tertiary/aromatic N) is 2. The number of piperidine rings is 1. The van der Waals surface area contributed by atoms with Crippen LogP contribution in [0.1, 0.15) is 23.2 Å². The van der Waals surface area contributed by atoms with E-state index >= 15 is 0 Å². The van der Waals surface area contributed by atoms with Gasteiger partial charge in [0, 0.05) is 58.4 Å². The lowest BCUT2D eigenvalue weighted by molar-refractivity contribution is -0.113. The highest BCUT2D eigenvalue weighted by Crippen LogP contribution is 2.32. The minimum Gasteiger partial charge on any atom is -0.497 e. The number of hydrogen-bond donors (Lipinski definition) is 2. The maximum absolute atomic E-state index is 12.8. The molecular weight excluding hydrogens is 480 g/mol. The molecule has 3 aromatic rings. The standard InChI is InChI=1S/C26H28N4O3S2/c1-33-20-3-4-22-18(12-20)13-21(15-27-22)34-11-10-30-8-6-19(7-9-30)28-26(32)17-2-5-24-23(14-17)29-25(31)16-35-24/h2-5,12-15,19H,6-11,16H2,1H3,(H,28,32)(H,29,31). The van der Waals surface area contributed by atoms with Gasteiger partial charge < -0.3 is 20.3 Å². The number of aromatic nitrogens is 1. The first kappa shape index (κ1) is 24.0. The SMILES string of the molecule is COc1ccc2ncc(SCCN3CCC(NC(=O)c4ccc5c(c4)NC(=O)CS5)CC3)cc2c1. The molecule has 0 saturated carbocycles. The van der Waals surface area contributed by atoms with Crippen LogP contribution in [0.15, 0.2) is 58.5 Å². The van der Waals surface area contributed by atoms with E-state index in [9.17, 15) is 9.59 Å². The van der Waals surface area contributed by atoms with Gasteiger partial charge in [-0.05, 0) is 55.3 Å². The Bertz CT molecular complexity index is 1240. The smallest absolute Gasteiger partial charge is 0.251 e. The lowest BCUT2D eigenvalue weighted by Crippen LogP contribution is -2.45. The van der Waals surface area contributed by atoms with Crippen LogP contribution in [0.25, 0.3) is 10.9 Å². The maximum atomic E-state index is 12.8. The van der Waals surface area contributed by atoms with Crippen molar-refractivity contribution in [1.29, 1.82) is 0 Å². The Morgan fingerprint density at radius 2 is 2.09 bits per heavy atom. The average molecular weight is 509 g/mol. The second-order valence-corrected chi connectivity index (χ2v) is 10.9. The minimum atomic E-state index is -0.0768. The van der Waals surface area contributed by atoms with Crippen molar-refractivity contribution < 1.29 is 14.3 Å². The third-order valence-electron chi connectivity index (χ3n) is 6.34. The lowest BCUT2D eigenvalue weighted by Gasteiger charge is -2.32. The third-order valence-corrected chi connectivity index (χ3v) is 8.35. The summed E-state index contributed by atoms with van der Waals surface area (Å²) in [7, 11) is 1.68. The Balaban J connectivity index is 1.07.